The number of rotatable bonds is 4. The molecule has 2 aromatic rings. The topological polar surface area (TPSA) is 93.9 Å². The Hall–Kier alpha value is -2.54. The Labute approximate surface area is 120 Å². The minimum Gasteiger partial charge on any atom is -0.493 e. The number of ether oxygens (including phenoxy) is 3. The zero-order valence-electron chi connectivity index (χ0n) is 11.4. The molecule has 2 heterocycles. The molecule has 1 aliphatic heterocycles. The van der Waals surface area contributed by atoms with E-state index in [1.54, 1.807) is 6.07 Å². The number of fused-ring (bicyclic) bond motifs is 1. The van der Waals surface area contributed by atoms with E-state index in [1.165, 1.54) is 7.11 Å². The average Bonchev–Trinajstić information content (AvgIpc) is 2.90. The van der Waals surface area contributed by atoms with E-state index in [0.29, 0.717) is 23.7 Å². The fraction of sp³-hybridized carbons (Fsp3) is 0.286. The predicted molar refractivity (Wildman–Crippen MR) is 71.4 cm³/mol. The highest BCUT2D eigenvalue weighted by atomic mass is 16.7. The largest absolute Gasteiger partial charge is 0.493 e. The van der Waals surface area contributed by atoms with Crippen molar-refractivity contribution in [1.82, 2.24) is 9.97 Å². The molecule has 7 heteroatoms. The summed E-state index contributed by atoms with van der Waals surface area (Å²) < 4.78 is 15.4. The van der Waals surface area contributed by atoms with Gasteiger partial charge in [0.2, 0.25) is 18.6 Å². The Kier molecular flexibility index (Phi) is 3.49. The Morgan fingerprint density at radius 1 is 1.14 bits per heavy atom. The maximum atomic E-state index is 9.80. The molecular formula is C14H14N2O5. The van der Waals surface area contributed by atoms with E-state index in [2.05, 4.69) is 9.97 Å². The summed E-state index contributed by atoms with van der Waals surface area (Å²) in [5.41, 5.74) is 1.06. The van der Waals surface area contributed by atoms with Crippen LogP contribution in [0.2, 0.25) is 0 Å². The molecule has 0 saturated carbocycles. The van der Waals surface area contributed by atoms with Gasteiger partial charge in [-0.05, 0) is 17.7 Å². The van der Waals surface area contributed by atoms with Gasteiger partial charge in [0.1, 0.15) is 11.4 Å². The Morgan fingerprint density at radius 2 is 1.86 bits per heavy atom. The number of nitrogens with zero attached hydrogens (tertiary/aromatic N) is 2. The first kappa shape index (κ1) is 13.4. The van der Waals surface area contributed by atoms with Crippen LogP contribution >= 0.6 is 0 Å². The van der Waals surface area contributed by atoms with Gasteiger partial charge in [-0.15, -0.1) is 0 Å². The molecule has 2 N–H and O–H groups in total. The maximum Gasteiger partial charge on any atom is 0.231 e. The smallest absolute Gasteiger partial charge is 0.231 e. The fourth-order valence-electron chi connectivity index (χ4n) is 2.09. The third kappa shape index (κ3) is 2.68. The molecule has 0 spiro atoms. The molecule has 0 amide bonds. The third-order valence-electron chi connectivity index (χ3n) is 3.10. The van der Waals surface area contributed by atoms with Gasteiger partial charge in [-0.1, -0.05) is 6.07 Å². The average molecular weight is 290 g/mol. The normalized spacial score (nSPS) is 12.6. The summed E-state index contributed by atoms with van der Waals surface area (Å²) in [6.07, 6.45) is 0.352. The Balaban J connectivity index is 1.85. The van der Waals surface area contributed by atoms with Crippen LogP contribution in [-0.2, 0) is 17.8 Å². The molecule has 1 aromatic carbocycles. The predicted octanol–water partition coefficient (Wildman–Crippen LogP) is 1.35. The van der Waals surface area contributed by atoms with E-state index in [4.69, 9.17) is 14.2 Å². The van der Waals surface area contributed by atoms with E-state index in [-0.39, 0.29) is 30.7 Å². The second-order valence-corrected chi connectivity index (χ2v) is 4.56. The second-order valence-electron chi connectivity index (χ2n) is 4.56. The first-order valence-corrected chi connectivity index (χ1v) is 6.32. The van der Waals surface area contributed by atoms with Crippen LogP contribution in [0, 0.1) is 0 Å². The molecule has 3 rings (SSSR count). The summed E-state index contributed by atoms with van der Waals surface area (Å²) in [7, 11) is 1.46. The zero-order valence-corrected chi connectivity index (χ0v) is 11.4. The molecule has 0 atom stereocenters. The highest BCUT2D eigenvalue weighted by Crippen LogP contribution is 2.33. The van der Waals surface area contributed by atoms with E-state index >= 15 is 0 Å². The molecule has 0 radical (unpaired) electrons. The van der Waals surface area contributed by atoms with Crippen molar-refractivity contribution in [2.24, 2.45) is 0 Å². The van der Waals surface area contributed by atoms with Crippen LogP contribution in [0.5, 0.6) is 23.3 Å². The second kappa shape index (κ2) is 5.45. The molecule has 1 aromatic heterocycles. The number of methoxy groups -OCH3 is 1. The van der Waals surface area contributed by atoms with Crippen molar-refractivity contribution in [2.45, 2.75) is 13.0 Å². The molecule has 0 fully saturated rings. The first-order chi connectivity index (χ1) is 10.2. The molecule has 0 unspecified atom stereocenters. The van der Waals surface area contributed by atoms with E-state index < -0.39 is 0 Å². The highest BCUT2D eigenvalue weighted by Gasteiger charge is 2.16. The van der Waals surface area contributed by atoms with E-state index in [1.807, 2.05) is 12.1 Å². The van der Waals surface area contributed by atoms with Gasteiger partial charge in [0.25, 0.3) is 0 Å². The van der Waals surface area contributed by atoms with Crippen LogP contribution in [-0.4, -0.2) is 34.1 Å². The number of hydrogen-bond donors (Lipinski definition) is 2. The highest BCUT2D eigenvalue weighted by molar-refractivity contribution is 5.45. The minimum atomic E-state index is -0.278. The van der Waals surface area contributed by atoms with Crippen molar-refractivity contribution in [3.63, 3.8) is 0 Å². The lowest BCUT2D eigenvalue weighted by atomic mass is 10.1. The summed E-state index contributed by atoms with van der Waals surface area (Å²) in [6.45, 7) is 0.255. The van der Waals surface area contributed by atoms with Crippen molar-refractivity contribution in [1.29, 1.82) is 0 Å². The van der Waals surface area contributed by atoms with Crippen LogP contribution in [0.4, 0.5) is 0 Å². The first-order valence-electron chi connectivity index (χ1n) is 6.32. The van der Waals surface area contributed by atoms with Crippen LogP contribution in [0.3, 0.4) is 0 Å². The third-order valence-corrected chi connectivity index (χ3v) is 3.10. The molecule has 0 aliphatic carbocycles. The quantitative estimate of drug-likeness (QED) is 0.877. The lowest BCUT2D eigenvalue weighted by Gasteiger charge is -2.08. The minimum absolute atomic E-state index is 0.0436. The number of hydrogen-bond acceptors (Lipinski definition) is 7. The molecular weight excluding hydrogens is 276 g/mol. The van der Waals surface area contributed by atoms with Crippen LogP contribution in [0.15, 0.2) is 18.2 Å². The summed E-state index contributed by atoms with van der Waals surface area (Å²) in [6, 6.07) is 5.48. The van der Waals surface area contributed by atoms with Crippen LogP contribution in [0.25, 0.3) is 0 Å². The van der Waals surface area contributed by atoms with Gasteiger partial charge in [0.05, 0.1) is 6.61 Å². The van der Waals surface area contributed by atoms with Crippen molar-refractivity contribution in [2.75, 3.05) is 13.9 Å². The molecule has 110 valence electrons. The lowest BCUT2D eigenvalue weighted by Crippen LogP contribution is -2.01. The molecule has 0 saturated heterocycles. The number of aromatic nitrogens is 2. The maximum absolute atomic E-state index is 9.80. The molecule has 21 heavy (non-hydrogen) atoms. The summed E-state index contributed by atoms with van der Waals surface area (Å²) in [5.74, 6) is 1.11. The van der Waals surface area contributed by atoms with Crippen LogP contribution in [0.1, 0.15) is 17.0 Å². The number of benzene rings is 1. The van der Waals surface area contributed by atoms with E-state index in [9.17, 15) is 10.2 Å². The van der Waals surface area contributed by atoms with Crippen LogP contribution < -0.4 is 9.47 Å². The van der Waals surface area contributed by atoms with Crippen molar-refractivity contribution in [3.8, 4) is 23.3 Å². The van der Waals surface area contributed by atoms with Gasteiger partial charge in [-0.25, -0.2) is 0 Å². The van der Waals surface area contributed by atoms with E-state index in [0.717, 1.165) is 5.56 Å². The molecule has 1 aliphatic rings. The van der Waals surface area contributed by atoms with Gasteiger partial charge >= 0.3 is 0 Å². The van der Waals surface area contributed by atoms with Gasteiger partial charge in [-0.3, -0.25) is 0 Å². The summed E-state index contributed by atoms with van der Waals surface area (Å²) >= 11 is 0. The molecule has 7 nitrogen and oxygen atoms in total. The number of aromatic hydroxyl groups is 2. The molecule has 0 bridgehead atoms. The Morgan fingerprint density at radius 3 is 2.57 bits per heavy atom. The SMILES string of the molecule is COCc1c(O)nc(Cc2ccc3c(c2)OCO3)nc1O. The lowest BCUT2D eigenvalue weighted by molar-refractivity contribution is 0.174. The summed E-state index contributed by atoms with van der Waals surface area (Å²) in [5, 5.41) is 19.6. The summed E-state index contributed by atoms with van der Waals surface area (Å²) in [4.78, 5) is 7.95. The zero-order chi connectivity index (χ0) is 14.8. The van der Waals surface area contributed by atoms with Crippen molar-refractivity contribution in [3.05, 3.63) is 35.2 Å². The van der Waals surface area contributed by atoms with Crippen molar-refractivity contribution < 1.29 is 24.4 Å². The van der Waals surface area contributed by atoms with Gasteiger partial charge < -0.3 is 24.4 Å². The Bertz CT molecular complexity index is 651. The monoisotopic (exact) mass is 290 g/mol. The fourth-order valence-corrected chi connectivity index (χ4v) is 2.09. The van der Waals surface area contributed by atoms with Gasteiger partial charge in [-0.2, -0.15) is 9.97 Å². The standard InChI is InChI=1S/C14H14N2O5/c1-19-6-9-13(17)15-12(16-14(9)18)5-8-2-3-10-11(4-8)21-7-20-10/h2-4H,5-7H2,1H3,(H2,15,16,17,18). The van der Waals surface area contributed by atoms with Crippen molar-refractivity contribution >= 4 is 0 Å². The van der Waals surface area contributed by atoms with Gasteiger partial charge in [0.15, 0.2) is 11.5 Å². The van der Waals surface area contributed by atoms with Gasteiger partial charge in [0, 0.05) is 13.5 Å².